The summed E-state index contributed by atoms with van der Waals surface area (Å²) in [6, 6.07) is 8.83. The van der Waals surface area contributed by atoms with Crippen molar-refractivity contribution in [2.45, 2.75) is 25.8 Å². The number of hydrogen-bond acceptors (Lipinski definition) is 3. The number of thiophene rings is 1. The minimum Gasteiger partial charge on any atom is -0.271 e. The Kier molecular flexibility index (Phi) is 4.47. The fraction of sp³-hybridized carbons (Fsp3) is 0.286. The number of nitrogens with one attached hydrogen (secondary N) is 1. The lowest BCUT2D eigenvalue weighted by Gasteiger charge is -2.16. The SMILES string of the molecule is CCc1ccsc1C(Cc1cccc(F)c1)NN. The first-order valence-electron chi connectivity index (χ1n) is 6.01. The van der Waals surface area contributed by atoms with Crippen molar-refractivity contribution in [3.63, 3.8) is 0 Å². The number of aryl methyl sites for hydroxylation is 1. The van der Waals surface area contributed by atoms with Crippen molar-refractivity contribution in [2.75, 3.05) is 0 Å². The van der Waals surface area contributed by atoms with Crippen molar-refractivity contribution in [3.05, 3.63) is 57.5 Å². The predicted molar refractivity (Wildman–Crippen MR) is 73.9 cm³/mol. The van der Waals surface area contributed by atoms with Crippen molar-refractivity contribution < 1.29 is 4.39 Å². The third-order valence-corrected chi connectivity index (χ3v) is 4.08. The Morgan fingerprint density at radius 1 is 1.39 bits per heavy atom. The van der Waals surface area contributed by atoms with Crippen molar-refractivity contribution in [3.8, 4) is 0 Å². The normalized spacial score (nSPS) is 12.6. The Labute approximate surface area is 111 Å². The second-order valence-corrected chi connectivity index (χ2v) is 5.16. The smallest absolute Gasteiger partial charge is 0.123 e. The van der Waals surface area contributed by atoms with Crippen LogP contribution in [-0.2, 0) is 12.8 Å². The van der Waals surface area contributed by atoms with E-state index in [4.69, 9.17) is 5.84 Å². The summed E-state index contributed by atoms with van der Waals surface area (Å²) in [5.74, 6) is 5.43. The number of rotatable bonds is 5. The van der Waals surface area contributed by atoms with E-state index in [1.807, 2.05) is 6.07 Å². The van der Waals surface area contributed by atoms with Gasteiger partial charge < -0.3 is 0 Å². The molecule has 2 nitrogen and oxygen atoms in total. The molecule has 18 heavy (non-hydrogen) atoms. The quantitative estimate of drug-likeness (QED) is 0.643. The molecule has 0 spiro atoms. The second-order valence-electron chi connectivity index (χ2n) is 4.22. The van der Waals surface area contributed by atoms with E-state index >= 15 is 0 Å². The molecular weight excluding hydrogens is 247 g/mol. The third kappa shape index (κ3) is 2.96. The average Bonchev–Trinajstić information content (AvgIpc) is 2.84. The molecule has 0 radical (unpaired) electrons. The topological polar surface area (TPSA) is 38.0 Å². The van der Waals surface area contributed by atoms with E-state index in [0.29, 0.717) is 6.42 Å². The van der Waals surface area contributed by atoms with Crippen LogP contribution in [0.2, 0.25) is 0 Å². The molecule has 3 N–H and O–H groups in total. The lowest BCUT2D eigenvalue weighted by Crippen LogP contribution is -2.29. The molecule has 1 atom stereocenters. The molecule has 0 amide bonds. The molecule has 0 saturated heterocycles. The molecule has 2 rings (SSSR count). The minimum atomic E-state index is -0.204. The van der Waals surface area contributed by atoms with Gasteiger partial charge in [0.2, 0.25) is 0 Å². The van der Waals surface area contributed by atoms with Gasteiger partial charge in [-0.2, -0.15) is 0 Å². The lowest BCUT2D eigenvalue weighted by molar-refractivity contribution is 0.553. The van der Waals surface area contributed by atoms with E-state index in [2.05, 4.69) is 23.8 Å². The van der Waals surface area contributed by atoms with Gasteiger partial charge in [0.05, 0.1) is 6.04 Å². The molecule has 96 valence electrons. The lowest BCUT2D eigenvalue weighted by atomic mass is 10.0. The van der Waals surface area contributed by atoms with Crippen LogP contribution < -0.4 is 11.3 Å². The fourth-order valence-electron chi connectivity index (χ4n) is 2.07. The van der Waals surface area contributed by atoms with Crippen molar-refractivity contribution in [1.29, 1.82) is 0 Å². The molecule has 1 aromatic heterocycles. The highest BCUT2D eigenvalue weighted by molar-refractivity contribution is 7.10. The summed E-state index contributed by atoms with van der Waals surface area (Å²) < 4.78 is 13.2. The van der Waals surface area contributed by atoms with Crippen LogP contribution in [0.25, 0.3) is 0 Å². The van der Waals surface area contributed by atoms with Gasteiger partial charge in [0.25, 0.3) is 0 Å². The number of nitrogens with two attached hydrogens (primary N) is 1. The molecule has 0 aliphatic heterocycles. The Hall–Kier alpha value is -1.23. The van der Waals surface area contributed by atoms with Gasteiger partial charge in [0, 0.05) is 4.88 Å². The van der Waals surface area contributed by atoms with Gasteiger partial charge >= 0.3 is 0 Å². The van der Waals surface area contributed by atoms with E-state index in [-0.39, 0.29) is 11.9 Å². The molecule has 0 fully saturated rings. The Bertz CT molecular complexity index is 510. The van der Waals surface area contributed by atoms with Gasteiger partial charge in [-0.15, -0.1) is 11.3 Å². The summed E-state index contributed by atoms with van der Waals surface area (Å²) in [5, 5.41) is 2.07. The van der Waals surface area contributed by atoms with Gasteiger partial charge in [-0.05, 0) is 47.5 Å². The molecule has 0 saturated carbocycles. The zero-order valence-corrected chi connectivity index (χ0v) is 11.1. The van der Waals surface area contributed by atoms with Crippen LogP contribution in [0.4, 0.5) is 4.39 Å². The largest absolute Gasteiger partial charge is 0.271 e. The summed E-state index contributed by atoms with van der Waals surface area (Å²) >= 11 is 1.69. The molecule has 0 bridgehead atoms. The van der Waals surface area contributed by atoms with Crippen LogP contribution >= 0.6 is 11.3 Å². The fourth-order valence-corrected chi connectivity index (χ4v) is 3.13. The summed E-state index contributed by atoms with van der Waals surface area (Å²) in [6.45, 7) is 2.13. The van der Waals surface area contributed by atoms with E-state index in [0.717, 1.165) is 12.0 Å². The minimum absolute atomic E-state index is 0.0433. The number of hydrogen-bond donors (Lipinski definition) is 2. The van der Waals surface area contributed by atoms with Crippen molar-refractivity contribution in [1.82, 2.24) is 5.43 Å². The molecule has 4 heteroatoms. The summed E-state index contributed by atoms with van der Waals surface area (Å²) in [7, 11) is 0. The monoisotopic (exact) mass is 264 g/mol. The van der Waals surface area contributed by atoms with Crippen molar-refractivity contribution in [2.24, 2.45) is 5.84 Å². The first kappa shape index (κ1) is 13.2. The van der Waals surface area contributed by atoms with Gasteiger partial charge in [-0.25, -0.2) is 4.39 Å². The maximum atomic E-state index is 13.2. The predicted octanol–water partition coefficient (Wildman–Crippen LogP) is 3.20. The highest BCUT2D eigenvalue weighted by Gasteiger charge is 2.15. The summed E-state index contributed by atoms with van der Waals surface area (Å²) in [6.07, 6.45) is 1.68. The van der Waals surface area contributed by atoms with Crippen LogP contribution in [-0.4, -0.2) is 0 Å². The number of hydrazine groups is 1. The van der Waals surface area contributed by atoms with Gasteiger partial charge in [-0.1, -0.05) is 19.1 Å². The summed E-state index contributed by atoms with van der Waals surface area (Å²) in [4.78, 5) is 1.24. The molecule has 1 unspecified atom stereocenters. The zero-order chi connectivity index (χ0) is 13.0. The zero-order valence-electron chi connectivity index (χ0n) is 10.3. The highest BCUT2D eigenvalue weighted by atomic mass is 32.1. The molecule has 1 aromatic carbocycles. The summed E-state index contributed by atoms with van der Waals surface area (Å²) in [5.41, 5.74) is 5.09. The van der Waals surface area contributed by atoms with Crippen LogP contribution in [0.15, 0.2) is 35.7 Å². The standard InChI is InChI=1S/C14H17FN2S/c1-2-11-6-7-18-14(11)13(17-16)9-10-4-3-5-12(15)8-10/h3-8,13,17H,2,9,16H2,1H3. The molecule has 1 heterocycles. The van der Waals surface area contributed by atoms with E-state index in [9.17, 15) is 4.39 Å². The molecule has 0 aliphatic carbocycles. The maximum Gasteiger partial charge on any atom is 0.123 e. The number of halogens is 1. The van der Waals surface area contributed by atoms with E-state index in [1.165, 1.54) is 16.5 Å². The van der Waals surface area contributed by atoms with Crippen molar-refractivity contribution >= 4 is 11.3 Å². The Morgan fingerprint density at radius 2 is 2.22 bits per heavy atom. The molecular formula is C14H17FN2S. The molecule has 2 aromatic rings. The van der Waals surface area contributed by atoms with Crippen LogP contribution in [0.1, 0.15) is 29.0 Å². The van der Waals surface area contributed by atoms with E-state index in [1.54, 1.807) is 23.5 Å². The first-order chi connectivity index (χ1) is 8.74. The van der Waals surface area contributed by atoms with Crippen LogP contribution in [0.5, 0.6) is 0 Å². The van der Waals surface area contributed by atoms with Gasteiger partial charge in [-0.3, -0.25) is 11.3 Å². The van der Waals surface area contributed by atoms with Gasteiger partial charge in [0.15, 0.2) is 0 Å². The highest BCUT2D eigenvalue weighted by Crippen LogP contribution is 2.27. The average molecular weight is 264 g/mol. The van der Waals surface area contributed by atoms with Gasteiger partial charge in [0.1, 0.15) is 5.82 Å². The maximum absolute atomic E-state index is 13.2. The van der Waals surface area contributed by atoms with E-state index < -0.39 is 0 Å². The third-order valence-electron chi connectivity index (χ3n) is 3.01. The Morgan fingerprint density at radius 3 is 2.89 bits per heavy atom. The van der Waals surface area contributed by atoms with Crippen LogP contribution in [0.3, 0.4) is 0 Å². The van der Waals surface area contributed by atoms with Crippen LogP contribution in [0, 0.1) is 5.82 Å². The number of benzene rings is 1. The molecule has 0 aliphatic rings. The second kappa shape index (κ2) is 6.09. The first-order valence-corrected chi connectivity index (χ1v) is 6.89. The Balaban J connectivity index is 2.20.